The summed E-state index contributed by atoms with van der Waals surface area (Å²) in [4.78, 5) is 25.9. The van der Waals surface area contributed by atoms with Gasteiger partial charge in [0.2, 0.25) is 5.91 Å². The number of likely N-dealkylation sites (tertiary alicyclic amines) is 1. The van der Waals surface area contributed by atoms with Crippen LogP contribution in [0.25, 0.3) is 0 Å². The summed E-state index contributed by atoms with van der Waals surface area (Å²) in [6, 6.07) is 3.44. The van der Waals surface area contributed by atoms with Crippen molar-refractivity contribution in [2.24, 2.45) is 0 Å². The van der Waals surface area contributed by atoms with E-state index in [2.05, 4.69) is 22.0 Å². The number of halogens is 1. The van der Waals surface area contributed by atoms with Gasteiger partial charge in [-0.25, -0.2) is 4.79 Å². The number of nitrogens with zero attached hydrogens (tertiary/aromatic N) is 1. The number of benzene rings is 1. The van der Waals surface area contributed by atoms with Gasteiger partial charge in [0.05, 0.1) is 5.75 Å². The smallest absolute Gasteiger partial charge is 0.326 e. The molecule has 6 heteroatoms. The Labute approximate surface area is 137 Å². The Bertz CT molecular complexity index is 576. The molecule has 0 aromatic heterocycles. The molecule has 1 aromatic rings. The Morgan fingerprint density at radius 3 is 2.76 bits per heavy atom. The topological polar surface area (TPSA) is 57.6 Å². The van der Waals surface area contributed by atoms with Crippen LogP contribution in [0.4, 0.5) is 0 Å². The Morgan fingerprint density at radius 1 is 1.38 bits per heavy atom. The Morgan fingerprint density at radius 2 is 2.10 bits per heavy atom. The number of hydrogen-bond acceptors (Lipinski definition) is 3. The summed E-state index contributed by atoms with van der Waals surface area (Å²) in [6.45, 7) is 4.57. The summed E-state index contributed by atoms with van der Waals surface area (Å²) < 4.78 is 1.06. The van der Waals surface area contributed by atoms with Crippen LogP contribution in [-0.4, -0.2) is 40.2 Å². The van der Waals surface area contributed by atoms with Crippen molar-refractivity contribution in [1.82, 2.24) is 4.90 Å². The van der Waals surface area contributed by atoms with Gasteiger partial charge in [0, 0.05) is 15.9 Å². The van der Waals surface area contributed by atoms with E-state index in [0.29, 0.717) is 13.0 Å². The minimum Gasteiger partial charge on any atom is -0.480 e. The summed E-state index contributed by atoms with van der Waals surface area (Å²) in [5.74, 6) is -0.711. The molecular weight excluding hydrogens is 354 g/mol. The van der Waals surface area contributed by atoms with Gasteiger partial charge in [0.1, 0.15) is 6.04 Å². The van der Waals surface area contributed by atoms with Crippen LogP contribution in [0.5, 0.6) is 0 Å². The zero-order valence-electron chi connectivity index (χ0n) is 12.1. The number of hydrogen-bond donors (Lipinski definition) is 1. The van der Waals surface area contributed by atoms with Crippen LogP contribution in [0, 0.1) is 13.8 Å². The molecule has 1 amide bonds. The third kappa shape index (κ3) is 3.80. The van der Waals surface area contributed by atoms with E-state index in [-0.39, 0.29) is 11.7 Å². The zero-order valence-corrected chi connectivity index (χ0v) is 14.5. The van der Waals surface area contributed by atoms with E-state index in [1.165, 1.54) is 16.7 Å². The lowest BCUT2D eigenvalue weighted by atomic mass is 10.2. The SMILES string of the molecule is Cc1cc(SCC(=O)N2CCCC2C(=O)O)c(C)cc1Br. The second-order valence-corrected chi connectivity index (χ2v) is 7.11. The highest BCUT2D eigenvalue weighted by Gasteiger charge is 2.33. The zero-order chi connectivity index (χ0) is 15.6. The molecule has 1 aliphatic heterocycles. The first-order valence-electron chi connectivity index (χ1n) is 6.82. The monoisotopic (exact) mass is 371 g/mol. The lowest BCUT2D eigenvalue weighted by Crippen LogP contribution is -2.41. The number of carbonyl (C=O) groups is 2. The molecular formula is C15H18BrNO3S. The first kappa shape index (κ1) is 16.4. The number of amides is 1. The van der Waals surface area contributed by atoms with Gasteiger partial charge in [-0.3, -0.25) is 4.79 Å². The number of aliphatic carboxylic acids is 1. The number of rotatable bonds is 4. The standard InChI is InChI=1S/C15H18BrNO3S/c1-9-7-13(10(2)6-11(9)16)21-8-14(18)17-5-3-4-12(17)15(19)20/h6-7,12H,3-5,8H2,1-2H3,(H,19,20). The van der Waals surface area contributed by atoms with Crippen LogP contribution >= 0.6 is 27.7 Å². The Balaban J connectivity index is 2.01. The summed E-state index contributed by atoms with van der Waals surface area (Å²) in [7, 11) is 0. The first-order chi connectivity index (χ1) is 9.90. The summed E-state index contributed by atoms with van der Waals surface area (Å²) in [6.07, 6.45) is 1.33. The van der Waals surface area contributed by atoms with E-state index in [9.17, 15) is 9.59 Å². The summed E-state index contributed by atoms with van der Waals surface area (Å²) in [5.41, 5.74) is 2.24. The average molecular weight is 372 g/mol. The van der Waals surface area contributed by atoms with Gasteiger partial charge < -0.3 is 10.0 Å². The molecule has 1 N–H and O–H groups in total. The maximum absolute atomic E-state index is 12.2. The van der Waals surface area contributed by atoms with Gasteiger partial charge in [0.25, 0.3) is 0 Å². The van der Waals surface area contributed by atoms with E-state index >= 15 is 0 Å². The summed E-state index contributed by atoms with van der Waals surface area (Å²) >= 11 is 4.96. The average Bonchev–Trinajstić information content (AvgIpc) is 2.90. The molecule has 1 saturated heterocycles. The molecule has 2 rings (SSSR count). The Hall–Kier alpha value is -1.01. The van der Waals surface area contributed by atoms with Crippen molar-refractivity contribution in [1.29, 1.82) is 0 Å². The molecule has 1 fully saturated rings. The molecule has 0 radical (unpaired) electrons. The van der Waals surface area contributed by atoms with E-state index < -0.39 is 12.0 Å². The fourth-order valence-electron chi connectivity index (χ4n) is 2.45. The van der Waals surface area contributed by atoms with E-state index in [1.54, 1.807) is 0 Å². The first-order valence-corrected chi connectivity index (χ1v) is 8.60. The van der Waals surface area contributed by atoms with E-state index in [0.717, 1.165) is 26.9 Å². The molecule has 0 aliphatic carbocycles. The van der Waals surface area contributed by atoms with Crippen molar-refractivity contribution in [3.63, 3.8) is 0 Å². The largest absolute Gasteiger partial charge is 0.480 e. The maximum atomic E-state index is 12.2. The second-order valence-electron chi connectivity index (χ2n) is 5.24. The van der Waals surface area contributed by atoms with Gasteiger partial charge in [-0.2, -0.15) is 0 Å². The molecule has 114 valence electrons. The van der Waals surface area contributed by atoms with Crippen LogP contribution < -0.4 is 0 Å². The van der Waals surface area contributed by atoms with Gasteiger partial charge in [-0.15, -0.1) is 11.8 Å². The van der Waals surface area contributed by atoms with Gasteiger partial charge in [0.15, 0.2) is 0 Å². The van der Waals surface area contributed by atoms with Crippen LogP contribution in [0.2, 0.25) is 0 Å². The Kier molecular flexibility index (Phi) is 5.32. The maximum Gasteiger partial charge on any atom is 0.326 e. The van der Waals surface area contributed by atoms with Crippen LogP contribution in [0.15, 0.2) is 21.5 Å². The van der Waals surface area contributed by atoms with Crippen LogP contribution in [-0.2, 0) is 9.59 Å². The predicted octanol–water partition coefficient (Wildman–Crippen LogP) is 3.23. The number of carboxylic acid groups (broad SMARTS) is 1. The molecule has 1 heterocycles. The van der Waals surface area contributed by atoms with Gasteiger partial charge in [-0.05, 0) is 49.9 Å². The van der Waals surface area contributed by atoms with E-state index in [4.69, 9.17) is 5.11 Å². The highest BCUT2D eigenvalue weighted by atomic mass is 79.9. The van der Waals surface area contributed by atoms with Crippen molar-refractivity contribution in [2.45, 2.75) is 37.6 Å². The van der Waals surface area contributed by atoms with Crippen molar-refractivity contribution < 1.29 is 14.7 Å². The number of carboxylic acids is 1. The van der Waals surface area contributed by atoms with Gasteiger partial charge >= 0.3 is 5.97 Å². The molecule has 0 spiro atoms. The molecule has 1 unspecified atom stereocenters. The second kappa shape index (κ2) is 6.83. The predicted molar refractivity (Wildman–Crippen MR) is 86.7 cm³/mol. The highest BCUT2D eigenvalue weighted by Crippen LogP contribution is 2.29. The third-order valence-corrected chi connectivity index (χ3v) is 5.66. The van der Waals surface area contributed by atoms with Crippen LogP contribution in [0.1, 0.15) is 24.0 Å². The number of thioether (sulfide) groups is 1. The van der Waals surface area contributed by atoms with Crippen molar-refractivity contribution in [2.75, 3.05) is 12.3 Å². The van der Waals surface area contributed by atoms with Crippen molar-refractivity contribution in [3.05, 3.63) is 27.7 Å². The van der Waals surface area contributed by atoms with Crippen molar-refractivity contribution in [3.8, 4) is 0 Å². The summed E-state index contributed by atoms with van der Waals surface area (Å²) in [5, 5.41) is 9.12. The van der Waals surface area contributed by atoms with Crippen LogP contribution in [0.3, 0.4) is 0 Å². The van der Waals surface area contributed by atoms with E-state index in [1.807, 2.05) is 19.9 Å². The molecule has 21 heavy (non-hydrogen) atoms. The minimum absolute atomic E-state index is 0.0927. The minimum atomic E-state index is -0.901. The number of aryl methyl sites for hydroxylation is 2. The molecule has 1 aliphatic rings. The molecule has 0 saturated carbocycles. The normalized spacial score (nSPS) is 18.0. The number of carbonyl (C=O) groups excluding carboxylic acids is 1. The molecule has 0 bridgehead atoms. The molecule has 1 atom stereocenters. The highest BCUT2D eigenvalue weighted by molar-refractivity contribution is 9.10. The molecule has 4 nitrogen and oxygen atoms in total. The quantitative estimate of drug-likeness (QED) is 0.825. The lowest BCUT2D eigenvalue weighted by molar-refractivity contribution is -0.147. The van der Waals surface area contributed by atoms with Gasteiger partial charge in [-0.1, -0.05) is 15.9 Å². The molecule has 1 aromatic carbocycles. The van der Waals surface area contributed by atoms with Crippen molar-refractivity contribution >= 4 is 39.6 Å². The third-order valence-electron chi connectivity index (χ3n) is 3.67. The fourth-order valence-corrected chi connectivity index (χ4v) is 3.90. The lowest BCUT2D eigenvalue weighted by Gasteiger charge is -2.21. The fraction of sp³-hybridized carbons (Fsp3) is 0.467.